The molecule has 61 heavy (non-hydrogen) atoms. The van der Waals surface area contributed by atoms with Gasteiger partial charge in [0.2, 0.25) is 0 Å². The number of carbonyl (C=O) groups excluding carboxylic acids is 1. The van der Waals surface area contributed by atoms with E-state index in [0.717, 1.165) is 82.6 Å². The average Bonchev–Trinajstić information content (AvgIpc) is 4.02. The van der Waals surface area contributed by atoms with E-state index < -0.39 is 14.4 Å². The van der Waals surface area contributed by atoms with E-state index in [1.165, 1.54) is 81.0 Å². The Hall–Kier alpha value is -2.33. The first-order chi connectivity index (χ1) is 29.5. The fraction of sp³-hybridized carbons (Fsp3) is 0.717. The first-order valence-corrected chi connectivity index (χ1v) is 26.8. The van der Waals surface area contributed by atoms with Crippen LogP contribution < -0.4 is 10.4 Å². The molecule has 0 saturated carbocycles. The second kappa shape index (κ2) is 25.8. The van der Waals surface area contributed by atoms with Crippen LogP contribution in [-0.4, -0.2) is 73.3 Å². The van der Waals surface area contributed by atoms with E-state index in [9.17, 15) is 15.0 Å². The molecular weight excluding hydrogens is 777 g/mol. The average molecular weight is 861 g/mol. The molecule has 2 saturated heterocycles. The topological polar surface area (TPSA) is 94.5 Å². The van der Waals surface area contributed by atoms with Gasteiger partial charge in [-0.15, -0.1) is 0 Å². The van der Waals surface area contributed by atoms with Gasteiger partial charge in [-0.1, -0.05) is 191 Å². The summed E-state index contributed by atoms with van der Waals surface area (Å²) in [5.41, 5.74) is 0.747. The van der Waals surface area contributed by atoms with Crippen molar-refractivity contribution in [3.63, 3.8) is 0 Å². The summed E-state index contributed by atoms with van der Waals surface area (Å²) in [6.07, 6.45) is 26.9. The van der Waals surface area contributed by atoms with Crippen LogP contribution in [0.1, 0.15) is 189 Å². The van der Waals surface area contributed by atoms with Crippen LogP contribution in [0.25, 0.3) is 0 Å². The monoisotopic (exact) mass is 861 g/mol. The van der Waals surface area contributed by atoms with Gasteiger partial charge in [-0.2, -0.15) is 0 Å². The lowest BCUT2D eigenvalue weighted by Crippen LogP contribution is -2.67. The van der Waals surface area contributed by atoms with Crippen molar-refractivity contribution >= 4 is 24.7 Å². The minimum atomic E-state index is -2.78. The van der Waals surface area contributed by atoms with Crippen LogP contribution in [0.4, 0.5) is 0 Å². The maximum absolute atomic E-state index is 12.8. The number of cyclic esters (lactones) is 1. The summed E-state index contributed by atoms with van der Waals surface area (Å²) in [5.74, 6) is -0.205. The molecule has 342 valence electrons. The first-order valence-electron chi connectivity index (χ1n) is 24.9. The summed E-state index contributed by atoms with van der Waals surface area (Å²) in [5, 5.41) is 24.2. The Morgan fingerprint density at radius 3 is 1.48 bits per heavy atom. The standard InChI is InChI=1S/C53H84O7Si/c1-6-7-8-9-10-14-17-26-33-46(54)48-35-37-50(58-48)51-38-36-49(59-51)47(55)34-27-18-15-12-11-13-16-21-28-43(40-42-39-41(2)57-52(42)56)60-61(53(3,4)5,44-29-22-19-23-30-44)45-31-24-20-25-32-45/h19-20,22-25,29-32,39,41,43,46-51,54-55H,6-18,21,26-28,33-38,40H2,1-5H3/t41-,43+,46-,47+,48+,49+,50+,51+/m0/s1. The van der Waals surface area contributed by atoms with Gasteiger partial charge >= 0.3 is 5.97 Å². The van der Waals surface area contributed by atoms with E-state index in [1.54, 1.807) is 0 Å². The minimum absolute atomic E-state index is 0.0395. The van der Waals surface area contributed by atoms with Crippen LogP contribution in [0.3, 0.4) is 0 Å². The van der Waals surface area contributed by atoms with Crippen molar-refractivity contribution in [1.82, 2.24) is 0 Å². The Morgan fingerprint density at radius 1 is 0.639 bits per heavy atom. The van der Waals surface area contributed by atoms with Crippen molar-refractivity contribution in [1.29, 1.82) is 0 Å². The van der Waals surface area contributed by atoms with E-state index >= 15 is 0 Å². The zero-order valence-corrected chi connectivity index (χ0v) is 39.9. The quantitative estimate of drug-likeness (QED) is 0.0478. The number of aliphatic hydroxyl groups excluding tert-OH is 2. The third-order valence-corrected chi connectivity index (χ3v) is 18.9. The minimum Gasteiger partial charge on any atom is -0.455 e. The molecule has 0 aliphatic carbocycles. The first kappa shape index (κ1) is 49.7. The summed E-state index contributed by atoms with van der Waals surface area (Å²) in [6.45, 7) is 11.1. The van der Waals surface area contributed by atoms with Crippen LogP contribution in [0, 0.1) is 0 Å². The lowest BCUT2D eigenvalue weighted by Gasteiger charge is -2.45. The van der Waals surface area contributed by atoms with E-state index in [-0.39, 0.29) is 53.7 Å². The lowest BCUT2D eigenvalue weighted by molar-refractivity contribution is -0.139. The van der Waals surface area contributed by atoms with Gasteiger partial charge in [0.05, 0.1) is 42.7 Å². The third kappa shape index (κ3) is 15.1. The molecule has 2 fully saturated rings. The largest absolute Gasteiger partial charge is 0.455 e. The predicted molar refractivity (Wildman–Crippen MR) is 252 cm³/mol. The van der Waals surface area contributed by atoms with Crippen molar-refractivity contribution in [2.24, 2.45) is 0 Å². The van der Waals surface area contributed by atoms with Gasteiger partial charge in [0.25, 0.3) is 8.32 Å². The van der Waals surface area contributed by atoms with E-state index in [2.05, 4.69) is 88.4 Å². The molecule has 7 nitrogen and oxygen atoms in total. The highest BCUT2D eigenvalue weighted by molar-refractivity contribution is 6.99. The van der Waals surface area contributed by atoms with Crippen molar-refractivity contribution in [3.8, 4) is 0 Å². The third-order valence-electron chi connectivity index (χ3n) is 13.8. The van der Waals surface area contributed by atoms with Crippen LogP contribution in [0.15, 0.2) is 72.3 Å². The number of rotatable bonds is 29. The van der Waals surface area contributed by atoms with Crippen LogP contribution in [0.5, 0.6) is 0 Å². The number of unbranched alkanes of at least 4 members (excludes halogenated alkanes) is 14. The maximum atomic E-state index is 12.8. The number of benzene rings is 2. The summed E-state index contributed by atoms with van der Waals surface area (Å²) < 4.78 is 25.8. The van der Waals surface area contributed by atoms with Crippen LogP contribution in [-0.2, 0) is 23.4 Å². The molecule has 0 spiro atoms. The molecule has 5 rings (SSSR count). The normalized spacial score (nSPS) is 23.6. The maximum Gasteiger partial charge on any atom is 0.334 e. The summed E-state index contributed by atoms with van der Waals surface area (Å²) in [7, 11) is -2.78. The Labute approximate surface area is 371 Å². The number of aliphatic hydroxyl groups is 2. The fourth-order valence-corrected chi connectivity index (χ4v) is 15.0. The van der Waals surface area contributed by atoms with Gasteiger partial charge in [-0.3, -0.25) is 0 Å². The van der Waals surface area contributed by atoms with Crippen molar-refractivity contribution in [2.75, 3.05) is 0 Å². The number of hydrogen-bond donors (Lipinski definition) is 2. The lowest BCUT2D eigenvalue weighted by atomic mass is 10.00. The molecule has 3 aliphatic heterocycles. The molecule has 0 radical (unpaired) electrons. The predicted octanol–water partition coefficient (Wildman–Crippen LogP) is 11.4. The highest BCUT2D eigenvalue weighted by atomic mass is 28.4. The van der Waals surface area contributed by atoms with Gasteiger partial charge < -0.3 is 28.8 Å². The Bertz CT molecular complexity index is 1500. The molecule has 0 aromatic heterocycles. The van der Waals surface area contributed by atoms with E-state index in [0.29, 0.717) is 6.42 Å². The number of ether oxygens (including phenoxy) is 3. The summed E-state index contributed by atoms with van der Waals surface area (Å²) >= 11 is 0. The van der Waals surface area contributed by atoms with Gasteiger partial charge in [-0.05, 0) is 73.4 Å². The molecule has 2 aromatic rings. The van der Waals surface area contributed by atoms with Crippen LogP contribution >= 0.6 is 0 Å². The molecule has 0 unspecified atom stereocenters. The van der Waals surface area contributed by atoms with Gasteiger partial charge in [0.1, 0.15) is 6.10 Å². The number of carbonyl (C=O) groups is 1. The van der Waals surface area contributed by atoms with Crippen LogP contribution in [0.2, 0.25) is 5.04 Å². The Kier molecular flexibility index (Phi) is 21.0. The molecular formula is C53H84O7Si. The Morgan fingerprint density at radius 2 is 1.07 bits per heavy atom. The van der Waals surface area contributed by atoms with E-state index in [4.69, 9.17) is 18.6 Å². The van der Waals surface area contributed by atoms with Gasteiger partial charge in [0.15, 0.2) is 0 Å². The van der Waals surface area contributed by atoms with Crippen molar-refractivity contribution < 1.29 is 33.6 Å². The Balaban J connectivity index is 0.981. The van der Waals surface area contributed by atoms with Gasteiger partial charge in [-0.25, -0.2) is 4.79 Å². The fourth-order valence-electron chi connectivity index (χ4n) is 10.3. The summed E-state index contributed by atoms with van der Waals surface area (Å²) in [4.78, 5) is 12.8. The molecule has 8 atom stereocenters. The molecule has 0 bridgehead atoms. The molecule has 2 aromatic carbocycles. The molecule has 2 N–H and O–H groups in total. The van der Waals surface area contributed by atoms with Crippen molar-refractivity contribution in [2.45, 2.75) is 243 Å². The molecule has 3 heterocycles. The highest BCUT2D eigenvalue weighted by Gasteiger charge is 2.51. The van der Waals surface area contributed by atoms with Gasteiger partial charge in [0, 0.05) is 12.0 Å². The molecule has 0 amide bonds. The highest BCUT2D eigenvalue weighted by Crippen LogP contribution is 2.39. The smallest absolute Gasteiger partial charge is 0.334 e. The second-order valence-corrected chi connectivity index (χ2v) is 24.0. The molecule has 8 heteroatoms. The van der Waals surface area contributed by atoms with E-state index in [1.807, 2.05) is 13.0 Å². The number of esters is 1. The zero-order valence-electron chi connectivity index (χ0n) is 38.9. The zero-order chi connectivity index (χ0) is 43.5. The summed E-state index contributed by atoms with van der Waals surface area (Å²) in [6, 6.07) is 21.6. The van der Waals surface area contributed by atoms with Crippen molar-refractivity contribution in [3.05, 3.63) is 72.3 Å². The molecule has 3 aliphatic rings. The SMILES string of the molecule is CCCCCCCCCC[C@H](O)[C@H]1CC[C@H]([C@H]2CC[C@H]([C@H](O)CCCCCCCCCC[C@H](CC3=C[C@H](C)OC3=O)O[Si](c3ccccc3)(c3ccccc3)C(C)(C)C)O2)O1. The second-order valence-electron chi connectivity index (χ2n) is 19.8. The number of hydrogen-bond acceptors (Lipinski definition) is 7.